The molecular weight excluding hydrogens is 244 g/mol. The van der Waals surface area contributed by atoms with Gasteiger partial charge in [-0.15, -0.1) is 0 Å². The van der Waals surface area contributed by atoms with Crippen LogP contribution in [0.4, 0.5) is 0 Å². The third-order valence-electron chi connectivity index (χ3n) is 3.36. The van der Waals surface area contributed by atoms with Crippen molar-refractivity contribution in [1.29, 1.82) is 0 Å². The van der Waals surface area contributed by atoms with Gasteiger partial charge in [-0.1, -0.05) is 52.9 Å². The van der Waals surface area contributed by atoms with Crippen molar-refractivity contribution in [2.24, 2.45) is 0 Å². The van der Waals surface area contributed by atoms with Crippen LogP contribution >= 0.6 is 0 Å². The summed E-state index contributed by atoms with van der Waals surface area (Å²) in [7, 11) is 1.04. The van der Waals surface area contributed by atoms with Crippen LogP contribution in [0.25, 0.3) is 0 Å². The lowest BCUT2D eigenvalue weighted by Crippen LogP contribution is -2.46. The summed E-state index contributed by atoms with van der Waals surface area (Å²) in [4.78, 5) is 0. The third kappa shape index (κ3) is 6.88. The van der Waals surface area contributed by atoms with E-state index in [0.29, 0.717) is 6.10 Å². The van der Waals surface area contributed by atoms with E-state index >= 15 is 0 Å². The number of hydrogen-bond acceptors (Lipinski definition) is 3. The van der Waals surface area contributed by atoms with Gasteiger partial charge in [-0.25, -0.2) is 0 Å². The molecule has 0 aromatic heterocycles. The quantitative estimate of drug-likeness (QED) is 0.391. The Balaban J connectivity index is 4.19. The highest BCUT2D eigenvalue weighted by molar-refractivity contribution is 6.60. The normalized spacial score (nSPS) is 13.8. The van der Waals surface area contributed by atoms with E-state index < -0.39 is 8.80 Å². The lowest BCUT2D eigenvalue weighted by Gasteiger charge is -2.30. The fourth-order valence-electron chi connectivity index (χ4n) is 2.15. The van der Waals surface area contributed by atoms with Gasteiger partial charge in [0.15, 0.2) is 0 Å². The van der Waals surface area contributed by atoms with Gasteiger partial charge < -0.3 is 13.3 Å². The molecule has 0 aliphatic heterocycles. The zero-order chi connectivity index (χ0) is 13.9. The second kappa shape index (κ2) is 11.0. The Hall–Kier alpha value is 0.0969. The van der Waals surface area contributed by atoms with E-state index in [1.807, 2.05) is 0 Å². The molecule has 0 aromatic rings. The van der Waals surface area contributed by atoms with Crippen molar-refractivity contribution in [2.75, 3.05) is 14.2 Å². The molecule has 110 valence electrons. The van der Waals surface area contributed by atoms with Crippen LogP contribution in [0.2, 0.25) is 6.04 Å². The molecular formula is C14H32O3Si. The van der Waals surface area contributed by atoms with E-state index in [4.69, 9.17) is 13.3 Å². The highest BCUT2D eigenvalue weighted by Gasteiger charge is 2.39. The van der Waals surface area contributed by atoms with Crippen LogP contribution < -0.4 is 0 Å². The highest BCUT2D eigenvalue weighted by atomic mass is 28.4. The lowest BCUT2D eigenvalue weighted by atomic mass is 10.1. The smallest absolute Gasteiger partial charge is 0.377 e. The van der Waals surface area contributed by atoms with Gasteiger partial charge in [0.25, 0.3) is 0 Å². The molecule has 1 unspecified atom stereocenters. The molecule has 0 aliphatic carbocycles. The van der Waals surface area contributed by atoms with Gasteiger partial charge in [0.1, 0.15) is 0 Å². The van der Waals surface area contributed by atoms with Crippen molar-refractivity contribution < 1.29 is 13.3 Å². The first-order valence-corrected chi connectivity index (χ1v) is 9.39. The Morgan fingerprint density at radius 1 is 0.889 bits per heavy atom. The first-order valence-electron chi connectivity index (χ1n) is 7.46. The average Bonchev–Trinajstić information content (AvgIpc) is 2.41. The summed E-state index contributed by atoms with van der Waals surface area (Å²) in [6.07, 6.45) is 8.65. The van der Waals surface area contributed by atoms with Gasteiger partial charge in [-0.3, -0.25) is 0 Å². The second-order valence-corrected chi connectivity index (χ2v) is 7.76. The Morgan fingerprint density at radius 3 is 2.00 bits per heavy atom. The Morgan fingerprint density at radius 2 is 1.56 bits per heavy atom. The van der Waals surface area contributed by atoms with Gasteiger partial charge in [0.05, 0.1) is 0 Å². The molecule has 18 heavy (non-hydrogen) atoms. The average molecular weight is 276 g/mol. The predicted octanol–water partition coefficient (Wildman–Crippen LogP) is 4.39. The molecule has 0 fully saturated rings. The van der Waals surface area contributed by atoms with Crippen molar-refractivity contribution in [3.8, 4) is 0 Å². The van der Waals surface area contributed by atoms with E-state index in [9.17, 15) is 0 Å². The summed E-state index contributed by atoms with van der Waals surface area (Å²) in [6, 6.07) is 0.908. The first kappa shape index (κ1) is 18.1. The van der Waals surface area contributed by atoms with Crippen molar-refractivity contribution in [2.45, 2.75) is 77.9 Å². The predicted molar refractivity (Wildman–Crippen MR) is 78.8 cm³/mol. The summed E-state index contributed by atoms with van der Waals surface area (Å²) >= 11 is 0. The zero-order valence-electron chi connectivity index (χ0n) is 13.0. The molecule has 0 spiro atoms. The zero-order valence-corrected chi connectivity index (χ0v) is 14.0. The molecule has 0 aromatic carbocycles. The maximum Gasteiger partial charge on any atom is 0.500 e. The van der Waals surface area contributed by atoms with E-state index in [0.717, 1.165) is 25.3 Å². The van der Waals surface area contributed by atoms with Crippen molar-refractivity contribution in [3.05, 3.63) is 0 Å². The van der Waals surface area contributed by atoms with Crippen LogP contribution in [0, 0.1) is 0 Å². The fraction of sp³-hybridized carbons (Fsp3) is 1.00. The largest absolute Gasteiger partial charge is 0.500 e. The third-order valence-corrected chi connectivity index (χ3v) is 6.41. The minimum absolute atomic E-state index is 0.292. The molecule has 0 rings (SSSR count). The first-order chi connectivity index (χ1) is 8.67. The van der Waals surface area contributed by atoms with Crippen molar-refractivity contribution >= 4 is 8.80 Å². The molecule has 0 heterocycles. The summed E-state index contributed by atoms with van der Waals surface area (Å²) in [5.74, 6) is 0. The highest BCUT2D eigenvalue weighted by Crippen LogP contribution is 2.22. The van der Waals surface area contributed by atoms with Gasteiger partial charge in [0.2, 0.25) is 0 Å². The summed E-state index contributed by atoms with van der Waals surface area (Å²) in [5, 5.41) is 0. The Labute approximate surface area is 115 Å². The number of unbranched alkanes of at least 4 members (excludes halogenated alkanes) is 3. The summed E-state index contributed by atoms with van der Waals surface area (Å²) < 4.78 is 17.4. The van der Waals surface area contributed by atoms with E-state index in [1.165, 1.54) is 25.7 Å². The van der Waals surface area contributed by atoms with E-state index in [-0.39, 0.29) is 0 Å². The van der Waals surface area contributed by atoms with Gasteiger partial charge in [-0.05, 0) is 12.8 Å². The van der Waals surface area contributed by atoms with Gasteiger partial charge >= 0.3 is 8.80 Å². The van der Waals surface area contributed by atoms with Gasteiger partial charge in [0, 0.05) is 26.4 Å². The van der Waals surface area contributed by atoms with Crippen LogP contribution in [-0.2, 0) is 13.3 Å². The molecule has 4 heteroatoms. The Bertz CT molecular complexity index is 184. The van der Waals surface area contributed by atoms with Crippen LogP contribution in [0.5, 0.6) is 0 Å². The van der Waals surface area contributed by atoms with Crippen molar-refractivity contribution in [1.82, 2.24) is 0 Å². The molecule has 0 bridgehead atoms. The lowest BCUT2D eigenvalue weighted by molar-refractivity contribution is 0.0480. The van der Waals surface area contributed by atoms with E-state index in [2.05, 4.69) is 20.8 Å². The SMILES string of the molecule is CCCCCCC(CC)O[Si](CCC)(OC)OC. The molecule has 3 nitrogen and oxygen atoms in total. The van der Waals surface area contributed by atoms with Crippen LogP contribution in [0.3, 0.4) is 0 Å². The van der Waals surface area contributed by atoms with Crippen LogP contribution in [-0.4, -0.2) is 29.1 Å². The molecule has 0 saturated heterocycles. The molecule has 0 radical (unpaired) electrons. The monoisotopic (exact) mass is 276 g/mol. The van der Waals surface area contributed by atoms with Crippen molar-refractivity contribution in [3.63, 3.8) is 0 Å². The fourth-order valence-corrected chi connectivity index (χ4v) is 4.44. The van der Waals surface area contributed by atoms with Gasteiger partial charge in [-0.2, -0.15) is 0 Å². The van der Waals surface area contributed by atoms with Crippen LogP contribution in [0.1, 0.15) is 65.7 Å². The summed E-state index contributed by atoms with van der Waals surface area (Å²) in [6.45, 7) is 6.56. The minimum Gasteiger partial charge on any atom is -0.377 e. The number of rotatable bonds is 12. The maximum atomic E-state index is 6.20. The molecule has 0 aliphatic rings. The number of hydrogen-bond donors (Lipinski definition) is 0. The topological polar surface area (TPSA) is 27.7 Å². The molecule has 1 atom stereocenters. The Kier molecular flexibility index (Phi) is 11.0. The molecule has 0 N–H and O–H groups in total. The molecule has 0 saturated carbocycles. The summed E-state index contributed by atoms with van der Waals surface area (Å²) in [5.41, 5.74) is 0. The standard InChI is InChI=1S/C14H32O3Si/c1-6-9-10-11-12-14(8-3)17-18(15-4,16-5)13-7-2/h14H,6-13H2,1-5H3. The maximum absolute atomic E-state index is 6.20. The minimum atomic E-state index is -2.40. The molecule has 0 amide bonds. The second-order valence-electron chi connectivity index (χ2n) is 4.84. The van der Waals surface area contributed by atoms with Crippen LogP contribution in [0.15, 0.2) is 0 Å². The van der Waals surface area contributed by atoms with E-state index in [1.54, 1.807) is 14.2 Å².